The molecule has 1 aliphatic rings. The van der Waals surface area contributed by atoms with Crippen LogP contribution in [0.15, 0.2) is 24.3 Å². The van der Waals surface area contributed by atoms with Gasteiger partial charge in [-0.15, -0.1) is 0 Å². The van der Waals surface area contributed by atoms with Crippen LogP contribution >= 0.6 is 11.5 Å². The largest absolute Gasteiger partial charge is 0.362 e. The molecule has 1 aliphatic heterocycles. The van der Waals surface area contributed by atoms with Gasteiger partial charge in [0.2, 0.25) is 5.91 Å². The molecule has 5 heteroatoms. The molecular weight excluding hydrogens is 270 g/mol. The molecule has 106 valence electrons. The molecular formula is C15H19N3OS. The third-order valence-electron chi connectivity index (χ3n) is 3.83. The van der Waals surface area contributed by atoms with Crippen LogP contribution in [0.3, 0.4) is 0 Å². The molecule has 0 unspecified atom stereocenters. The van der Waals surface area contributed by atoms with E-state index in [-0.39, 0.29) is 5.91 Å². The van der Waals surface area contributed by atoms with Crippen LogP contribution in [0.25, 0.3) is 10.9 Å². The summed E-state index contributed by atoms with van der Waals surface area (Å²) < 4.78 is 4.50. The number of aromatic nitrogens is 1. The zero-order valence-electron chi connectivity index (χ0n) is 11.6. The average molecular weight is 289 g/mol. The number of benzene rings is 1. The Bertz CT molecular complexity index is 602. The van der Waals surface area contributed by atoms with Gasteiger partial charge in [0.25, 0.3) is 0 Å². The minimum absolute atomic E-state index is 0.159. The van der Waals surface area contributed by atoms with Crippen LogP contribution in [-0.2, 0) is 4.79 Å². The van der Waals surface area contributed by atoms with Crippen molar-refractivity contribution < 1.29 is 4.79 Å². The number of amides is 1. The molecule has 0 spiro atoms. The molecule has 1 amide bonds. The number of nitrogens with zero attached hydrogens (tertiary/aromatic N) is 2. The Labute approximate surface area is 122 Å². The molecule has 1 aromatic heterocycles. The third kappa shape index (κ3) is 2.63. The Hall–Kier alpha value is -1.62. The Morgan fingerprint density at radius 2 is 2.15 bits per heavy atom. The molecule has 4 nitrogen and oxygen atoms in total. The van der Waals surface area contributed by atoms with Crippen LogP contribution in [0.5, 0.6) is 0 Å². The molecule has 1 aromatic carbocycles. The van der Waals surface area contributed by atoms with E-state index in [9.17, 15) is 4.79 Å². The monoisotopic (exact) mass is 289 g/mol. The molecule has 1 fully saturated rings. The number of carbonyl (C=O) groups is 1. The Morgan fingerprint density at radius 3 is 2.90 bits per heavy atom. The summed E-state index contributed by atoms with van der Waals surface area (Å²) in [6.07, 6.45) is 2.59. The van der Waals surface area contributed by atoms with Crippen LogP contribution in [0.4, 0.5) is 5.00 Å². The maximum atomic E-state index is 11.4. The first-order chi connectivity index (χ1) is 9.78. The highest BCUT2D eigenvalue weighted by atomic mass is 32.1. The highest BCUT2D eigenvalue weighted by Crippen LogP contribution is 2.32. The molecule has 0 atom stereocenters. The Balaban J connectivity index is 1.67. The summed E-state index contributed by atoms with van der Waals surface area (Å²) in [5, 5.41) is 5.60. The lowest BCUT2D eigenvalue weighted by Gasteiger charge is -2.32. The van der Waals surface area contributed by atoms with Crippen molar-refractivity contribution in [2.45, 2.75) is 32.2 Å². The van der Waals surface area contributed by atoms with E-state index < -0.39 is 0 Å². The van der Waals surface area contributed by atoms with Crippen molar-refractivity contribution in [3.8, 4) is 0 Å². The average Bonchev–Trinajstić information content (AvgIpc) is 2.92. The third-order valence-corrected chi connectivity index (χ3v) is 4.77. The van der Waals surface area contributed by atoms with E-state index in [0.29, 0.717) is 12.5 Å². The number of piperidine rings is 1. The number of fused-ring (bicyclic) bond motifs is 1. The van der Waals surface area contributed by atoms with Gasteiger partial charge < -0.3 is 10.2 Å². The standard InChI is InChI=1S/C15H19N3OS/c1-2-14(19)16-11-7-9-18(10-8-11)15-12-5-3-4-6-13(12)17-20-15/h3-6,11H,2,7-10H2,1H3,(H,16,19). The summed E-state index contributed by atoms with van der Waals surface area (Å²) in [7, 11) is 0. The van der Waals surface area contributed by atoms with E-state index in [1.54, 1.807) is 11.5 Å². The zero-order chi connectivity index (χ0) is 13.9. The van der Waals surface area contributed by atoms with E-state index in [2.05, 4.69) is 32.8 Å². The van der Waals surface area contributed by atoms with Crippen molar-refractivity contribution in [1.82, 2.24) is 9.69 Å². The van der Waals surface area contributed by atoms with Crippen molar-refractivity contribution in [1.29, 1.82) is 0 Å². The lowest BCUT2D eigenvalue weighted by atomic mass is 10.0. The Kier molecular flexibility index (Phi) is 3.87. The summed E-state index contributed by atoms with van der Waals surface area (Å²) in [5.74, 6) is 0.159. The van der Waals surface area contributed by atoms with Gasteiger partial charge in [0.15, 0.2) is 0 Å². The van der Waals surface area contributed by atoms with Gasteiger partial charge in [-0.25, -0.2) is 0 Å². The second-order valence-electron chi connectivity index (χ2n) is 5.19. The van der Waals surface area contributed by atoms with Crippen LogP contribution in [0, 0.1) is 0 Å². The summed E-state index contributed by atoms with van der Waals surface area (Å²) in [6.45, 7) is 3.87. The van der Waals surface area contributed by atoms with Gasteiger partial charge in [0.1, 0.15) is 5.00 Å². The van der Waals surface area contributed by atoms with Crippen molar-refractivity contribution >= 4 is 33.3 Å². The van der Waals surface area contributed by atoms with Crippen molar-refractivity contribution in [3.63, 3.8) is 0 Å². The molecule has 0 saturated carbocycles. The quantitative estimate of drug-likeness (QED) is 0.945. The first-order valence-corrected chi connectivity index (χ1v) is 7.94. The van der Waals surface area contributed by atoms with E-state index in [4.69, 9.17) is 0 Å². The number of nitrogens with one attached hydrogen (secondary N) is 1. The fourth-order valence-corrected chi connectivity index (χ4v) is 3.57. The fourth-order valence-electron chi connectivity index (χ4n) is 2.66. The second-order valence-corrected chi connectivity index (χ2v) is 5.94. The molecule has 1 saturated heterocycles. The number of hydrogen-bond donors (Lipinski definition) is 1. The maximum absolute atomic E-state index is 11.4. The van der Waals surface area contributed by atoms with Crippen LogP contribution in [-0.4, -0.2) is 29.4 Å². The van der Waals surface area contributed by atoms with Gasteiger partial charge in [-0.2, -0.15) is 4.37 Å². The van der Waals surface area contributed by atoms with Crippen LogP contribution < -0.4 is 10.2 Å². The molecule has 3 rings (SSSR count). The van der Waals surface area contributed by atoms with E-state index in [1.807, 2.05) is 13.0 Å². The first kappa shape index (κ1) is 13.4. The van der Waals surface area contributed by atoms with Gasteiger partial charge in [0.05, 0.1) is 5.52 Å². The second kappa shape index (κ2) is 5.79. The zero-order valence-corrected chi connectivity index (χ0v) is 12.4. The molecule has 2 aromatic rings. The summed E-state index contributed by atoms with van der Waals surface area (Å²) in [6, 6.07) is 8.62. The number of rotatable bonds is 3. The predicted molar refractivity (Wildman–Crippen MR) is 83.3 cm³/mol. The molecule has 0 aliphatic carbocycles. The topological polar surface area (TPSA) is 45.2 Å². The number of anilines is 1. The van der Waals surface area contributed by atoms with E-state index in [1.165, 1.54) is 10.4 Å². The van der Waals surface area contributed by atoms with Gasteiger partial charge in [-0.05, 0) is 36.5 Å². The van der Waals surface area contributed by atoms with Gasteiger partial charge in [-0.3, -0.25) is 4.79 Å². The van der Waals surface area contributed by atoms with Crippen molar-refractivity contribution in [2.24, 2.45) is 0 Å². The molecule has 20 heavy (non-hydrogen) atoms. The summed E-state index contributed by atoms with van der Waals surface area (Å²) in [4.78, 5) is 13.8. The lowest BCUT2D eigenvalue weighted by Crippen LogP contribution is -2.44. The minimum Gasteiger partial charge on any atom is -0.362 e. The molecule has 1 N–H and O–H groups in total. The normalized spacial score (nSPS) is 16.6. The Morgan fingerprint density at radius 1 is 1.40 bits per heavy atom. The maximum Gasteiger partial charge on any atom is 0.219 e. The van der Waals surface area contributed by atoms with Crippen LogP contribution in [0.2, 0.25) is 0 Å². The van der Waals surface area contributed by atoms with E-state index >= 15 is 0 Å². The summed E-state index contributed by atoms with van der Waals surface area (Å²) >= 11 is 1.58. The lowest BCUT2D eigenvalue weighted by molar-refractivity contribution is -0.121. The van der Waals surface area contributed by atoms with E-state index in [0.717, 1.165) is 31.4 Å². The minimum atomic E-state index is 0.159. The number of carbonyl (C=O) groups excluding carboxylic acids is 1. The SMILES string of the molecule is CCC(=O)NC1CCN(c2snc3ccccc23)CC1. The van der Waals surface area contributed by atoms with Crippen molar-refractivity contribution in [2.75, 3.05) is 18.0 Å². The van der Waals surface area contributed by atoms with Gasteiger partial charge in [-0.1, -0.05) is 19.1 Å². The summed E-state index contributed by atoms with van der Waals surface area (Å²) in [5.41, 5.74) is 1.08. The predicted octanol–water partition coefficient (Wildman–Crippen LogP) is 2.79. The van der Waals surface area contributed by atoms with Gasteiger partial charge >= 0.3 is 0 Å². The highest BCUT2D eigenvalue weighted by Gasteiger charge is 2.22. The first-order valence-electron chi connectivity index (χ1n) is 7.16. The smallest absolute Gasteiger partial charge is 0.219 e. The highest BCUT2D eigenvalue weighted by molar-refractivity contribution is 7.11. The van der Waals surface area contributed by atoms with Crippen LogP contribution in [0.1, 0.15) is 26.2 Å². The van der Waals surface area contributed by atoms with Gasteiger partial charge in [0, 0.05) is 30.9 Å². The molecule has 0 radical (unpaired) electrons. The molecule has 2 heterocycles. The number of hydrogen-bond acceptors (Lipinski definition) is 4. The fraction of sp³-hybridized carbons (Fsp3) is 0.467. The van der Waals surface area contributed by atoms with Crippen molar-refractivity contribution in [3.05, 3.63) is 24.3 Å². The molecule has 0 bridgehead atoms.